The van der Waals surface area contributed by atoms with E-state index in [1.807, 2.05) is 6.07 Å². The summed E-state index contributed by atoms with van der Waals surface area (Å²) < 4.78 is 0. The number of amides is 1. The summed E-state index contributed by atoms with van der Waals surface area (Å²) in [6.45, 7) is 4.21. The number of hydrogen-bond acceptors (Lipinski definition) is 4. The largest absolute Gasteiger partial charge is 0.397 e. The van der Waals surface area contributed by atoms with Crippen LogP contribution in [0.2, 0.25) is 0 Å². The van der Waals surface area contributed by atoms with Crippen molar-refractivity contribution in [3.8, 4) is 0 Å². The van der Waals surface area contributed by atoms with E-state index >= 15 is 0 Å². The van der Waals surface area contributed by atoms with Gasteiger partial charge in [-0.05, 0) is 31.7 Å². The summed E-state index contributed by atoms with van der Waals surface area (Å²) in [4.78, 5) is 16.6. The van der Waals surface area contributed by atoms with E-state index in [-0.39, 0.29) is 5.91 Å². The standard InChI is InChI=1S/C14H23N3OS/c1-4-17(9-10-6-5-7-10)12-8-11(15)13(19-12)14(18)16(2)3/h8,10H,4-7,9,15H2,1-3H3. The van der Waals surface area contributed by atoms with Crippen molar-refractivity contribution >= 4 is 27.9 Å². The summed E-state index contributed by atoms with van der Waals surface area (Å²) >= 11 is 1.51. The third-order valence-corrected chi connectivity index (χ3v) is 4.94. The molecule has 2 N–H and O–H groups in total. The molecule has 5 heteroatoms. The molecule has 1 heterocycles. The first-order valence-electron chi connectivity index (χ1n) is 6.88. The molecule has 19 heavy (non-hydrogen) atoms. The maximum absolute atomic E-state index is 12.0. The van der Waals surface area contributed by atoms with Crippen LogP contribution in [0.1, 0.15) is 35.9 Å². The lowest BCUT2D eigenvalue weighted by molar-refractivity contribution is 0.0833. The van der Waals surface area contributed by atoms with Gasteiger partial charge in [-0.15, -0.1) is 11.3 Å². The Labute approximate surface area is 119 Å². The number of hydrogen-bond donors (Lipinski definition) is 1. The highest BCUT2D eigenvalue weighted by Crippen LogP contribution is 2.35. The van der Waals surface area contributed by atoms with Gasteiger partial charge in [-0.25, -0.2) is 0 Å². The number of carbonyl (C=O) groups excluding carboxylic acids is 1. The Kier molecular flexibility index (Phi) is 4.34. The van der Waals surface area contributed by atoms with Gasteiger partial charge in [0.2, 0.25) is 0 Å². The van der Waals surface area contributed by atoms with E-state index in [0.717, 1.165) is 24.0 Å². The summed E-state index contributed by atoms with van der Waals surface area (Å²) in [6.07, 6.45) is 4.03. The fourth-order valence-corrected chi connectivity index (χ4v) is 3.45. The predicted octanol–water partition coefficient (Wildman–Crippen LogP) is 2.66. The molecule has 1 aromatic heterocycles. The van der Waals surface area contributed by atoms with Crippen LogP contribution in [0.4, 0.5) is 10.7 Å². The smallest absolute Gasteiger partial charge is 0.265 e. The molecule has 1 aliphatic rings. The van der Waals surface area contributed by atoms with Crippen molar-refractivity contribution in [3.63, 3.8) is 0 Å². The number of nitrogens with two attached hydrogens (primary N) is 1. The average molecular weight is 281 g/mol. The molecule has 1 fully saturated rings. The van der Waals surface area contributed by atoms with Gasteiger partial charge in [-0.2, -0.15) is 0 Å². The van der Waals surface area contributed by atoms with E-state index < -0.39 is 0 Å². The molecule has 1 aliphatic carbocycles. The van der Waals surface area contributed by atoms with E-state index in [9.17, 15) is 4.79 Å². The summed E-state index contributed by atoms with van der Waals surface area (Å²) in [6, 6.07) is 1.95. The number of thiophene rings is 1. The van der Waals surface area contributed by atoms with Crippen LogP contribution >= 0.6 is 11.3 Å². The monoisotopic (exact) mass is 281 g/mol. The Morgan fingerprint density at radius 1 is 1.47 bits per heavy atom. The molecule has 0 radical (unpaired) electrons. The van der Waals surface area contributed by atoms with Crippen LogP contribution in [0, 0.1) is 5.92 Å². The van der Waals surface area contributed by atoms with Gasteiger partial charge in [0.15, 0.2) is 0 Å². The van der Waals surface area contributed by atoms with Crippen LogP contribution < -0.4 is 10.6 Å². The average Bonchev–Trinajstić information content (AvgIpc) is 2.69. The molecule has 0 aromatic carbocycles. The minimum absolute atomic E-state index is 0.00607. The molecule has 1 saturated carbocycles. The number of nitrogens with zero attached hydrogens (tertiary/aromatic N) is 2. The number of carbonyl (C=O) groups is 1. The zero-order valence-electron chi connectivity index (χ0n) is 12.0. The molecule has 0 saturated heterocycles. The lowest BCUT2D eigenvalue weighted by Crippen LogP contribution is -2.31. The van der Waals surface area contributed by atoms with Crippen molar-refractivity contribution in [3.05, 3.63) is 10.9 Å². The minimum Gasteiger partial charge on any atom is -0.397 e. The van der Waals surface area contributed by atoms with Crippen LogP contribution in [0.25, 0.3) is 0 Å². The maximum Gasteiger partial charge on any atom is 0.265 e. The van der Waals surface area contributed by atoms with E-state index in [1.54, 1.807) is 19.0 Å². The lowest BCUT2D eigenvalue weighted by atomic mass is 9.85. The van der Waals surface area contributed by atoms with Crippen molar-refractivity contribution < 1.29 is 4.79 Å². The van der Waals surface area contributed by atoms with Crippen molar-refractivity contribution in [1.82, 2.24) is 4.90 Å². The van der Waals surface area contributed by atoms with Crippen LogP contribution in [0.5, 0.6) is 0 Å². The van der Waals surface area contributed by atoms with Crippen LogP contribution in [-0.2, 0) is 0 Å². The van der Waals surface area contributed by atoms with E-state index in [1.165, 1.54) is 30.6 Å². The highest BCUT2D eigenvalue weighted by atomic mass is 32.1. The summed E-state index contributed by atoms with van der Waals surface area (Å²) in [5, 5.41) is 1.12. The molecule has 0 unspecified atom stereocenters. The molecule has 4 nitrogen and oxygen atoms in total. The first-order valence-corrected chi connectivity index (χ1v) is 7.70. The Balaban J connectivity index is 2.14. The van der Waals surface area contributed by atoms with Gasteiger partial charge in [0, 0.05) is 27.2 Å². The van der Waals surface area contributed by atoms with Crippen molar-refractivity contribution in [1.29, 1.82) is 0 Å². The second-order valence-electron chi connectivity index (χ2n) is 5.40. The number of anilines is 2. The molecule has 0 atom stereocenters. The zero-order chi connectivity index (χ0) is 14.0. The van der Waals surface area contributed by atoms with E-state index in [2.05, 4.69) is 11.8 Å². The van der Waals surface area contributed by atoms with Gasteiger partial charge in [-0.1, -0.05) is 6.42 Å². The molecule has 1 amide bonds. The molecule has 0 aliphatic heterocycles. The highest BCUT2D eigenvalue weighted by Gasteiger charge is 2.23. The van der Waals surface area contributed by atoms with Crippen molar-refractivity contribution in [2.24, 2.45) is 5.92 Å². The van der Waals surface area contributed by atoms with Crippen LogP contribution in [0.15, 0.2) is 6.07 Å². The molecular weight excluding hydrogens is 258 g/mol. The van der Waals surface area contributed by atoms with Crippen LogP contribution in [0.3, 0.4) is 0 Å². The Hall–Kier alpha value is -1.23. The van der Waals surface area contributed by atoms with Crippen LogP contribution in [-0.4, -0.2) is 38.0 Å². The summed E-state index contributed by atoms with van der Waals surface area (Å²) in [5.74, 6) is 0.810. The molecule has 106 valence electrons. The second-order valence-corrected chi connectivity index (χ2v) is 6.43. The second kappa shape index (κ2) is 5.82. The van der Waals surface area contributed by atoms with Gasteiger partial charge in [-0.3, -0.25) is 4.79 Å². The van der Waals surface area contributed by atoms with Gasteiger partial charge < -0.3 is 15.5 Å². The third kappa shape index (κ3) is 3.03. The summed E-state index contributed by atoms with van der Waals surface area (Å²) in [7, 11) is 3.51. The Bertz CT molecular complexity index is 452. The molecule has 0 spiro atoms. The lowest BCUT2D eigenvalue weighted by Gasteiger charge is -2.32. The SMILES string of the molecule is CCN(CC1CCC1)c1cc(N)c(C(=O)N(C)C)s1. The number of rotatable bonds is 5. The normalized spacial score (nSPS) is 15.1. The summed E-state index contributed by atoms with van der Waals surface area (Å²) in [5.41, 5.74) is 6.59. The van der Waals surface area contributed by atoms with Gasteiger partial charge >= 0.3 is 0 Å². The third-order valence-electron chi connectivity index (χ3n) is 3.74. The van der Waals surface area contributed by atoms with Crippen molar-refractivity contribution in [2.75, 3.05) is 37.8 Å². The van der Waals surface area contributed by atoms with E-state index in [0.29, 0.717) is 10.6 Å². The van der Waals surface area contributed by atoms with Crippen molar-refractivity contribution in [2.45, 2.75) is 26.2 Å². The minimum atomic E-state index is -0.00607. The molecular formula is C14H23N3OS. The fourth-order valence-electron chi connectivity index (χ4n) is 2.28. The predicted molar refractivity (Wildman–Crippen MR) is 82.0 cm³/mol. The molecule has 2 rings (SSSR count). The first kappa shape index (κ1) is 14.2. The first-order chi connectivity index (χ1) is 9.02. The number of nitrogen functional groups attached to an aromatic ring is 1. The highest BCUT2D eigenvalue weighted by molar-refractivity contribution is 7.18. The molecule has 0 bridgehead atoms. The quantitative estimate of drug-likeness (QED) is 0.902. The Morgan fingerprint density at radius 3 is 2.63 bits per heavy atom. The zero-order valence-corrected chi connectivity index (χ0v) is 12.8. The fraction of sp³-hybridized carbons (Fsp3) is 0.643. The Morgan fingerprint density at radius 2 is 2.16 bits per heavy atom. The maximum atomic E-state index is 12.0. The van der Waals surface area contributed by atoms with Gasteiger partial charge in [0.1, 0.15) is 4.88 Å². The van der Waals surface area contributed by atoms with Gasteiger partial charge in [0.05, 0.1) is 10.7 Å². The molecule has 1 aromatic rings. The van der Waals surface area contributed by atoms with E-state index in [4.69, 9.17) is 5.73 Å². The van der Waals surface area contributed by atoms with Gasteiger partial charge in [0.25, 0.3) is 5.91 Å². The topological polar surface area (TPSA) is 49.6 Å².